The van der Waals surface area contributed by atoms with E-state index in [1.165, 1.54) is 12.8 Å². The maximum Gasteiger partial charge on any atom is 0.211 e. The molecule has 4 nitrogen and oxygen atoms in total. The molecule has 0 radical (unpaired) electrons. The molecule has 0 aromatic carbocycles. The molecule has 0 aliphatic carbocycles. The van der Waals surface area contributed by atoms with Crippen molar-refractivity contribution in [3.63, 3.8) is 0 Å². The summed E-state index contributed by atoms with van der Waals surface area (Å²) in [6.45, 7) is 2.51. The van der Waals surface area contributed by atoms with Gasteiger partial charge in [-0.25, -0.2) is 13.1 Å². The van der Waals surface area contributed by atoms with Crippen LogP contribution in [-0.4, -0.2) is 32.8 Å². The molecule has 2 rings (SSSR count). The Bertz CT molecular complexity index is 315. The summed E-state index contributed by atoms with van der Waals surface area (Å²) in [4.78, 5) is 0. The minimum Gasteiger partial charge on any atom is -0.311 e. The fraction of sp³-hybridized carbons (Fsp3) is 1.00. The summed E-state index contributed by atoms with van der Waals surface area (Å²) in [5.74, 6) is 0.761. The van der Waals surface area contributed by atoms with Crippen molar-refractivity contribution in [3.8, 4) is 0 Å². The first-order chi connectivity index (χ1) is 7.11. The van der Waals surface area contributed by atoms with Crippen LogP contribution in [0.5, 0.6) is 0 Å². The van der Waals surface area contributed by atoms with Crippen LogP contribution in [0.15, 0.2) is 0 Å². The van der Waals surface area contributed by atoms with E-state index in [0.717, 1.165) is 6.42 Å². The molecule has 2 N–H and O–H groups in total. The molecule has 2 aliphatic heterocycles. The molecule has 3 atom stereocenters. The molecule has 2 fully saturated rings. The van der Waals surface area contributed by atoms with Crippen molar-refractivity contribution in [1.82, 2.24) is 10.0 Å². The first-order valence-corrected chi connectivity index (χ1v) is 7.49. The average Bonchev–Trinajstić information content (AvgIpc) is 2.75. The summed E-state index contributed by atoms with van der Waals surface area (Å²) in [6.07, 6.45) is 4.30. The van der Waals surface area contributed by atoms with Gasteiger partial charge in [0.25, 0.3) is 0 Å². The van der Waals surface area contributed by atoms with Gasteiger partial charge in [0.05, 0.1) is 5.75 Å². The second-order valence-corrected chi connectivity index (χ2v) is 6.64. The highest BCUT2D eigenvalue weighted by Gasteiger charge is 2.38. The summed E-state index contributed by atoms with van der Waals surface area (Å²) in [6, 6.07) is 1.20. The van der Waals surface area contributed by atoms with Crippen LogP contribution in [0.2, 0.25) is 0 Å². The monoisotopic (exact) mass is 232 g/mol. The van der Waals surface area contributed by atoms with Crippen molar-refractivity contribution in [2.24, 2.45) is 5.92 Å². The van der Waals surface area contributed by atoms with E-state index in [9.17, 15) is 8.42 Å². The number of fused-ring (bicyclic) bond motifs is 2. The number of rotatable bonds is 5. The highest BCUT2D eigenvalue weighted by molar-refractivity contribution is 7.89. The molecule has 2 aliphatic rings. The van der Waals surface area contributed by atoms with Crippen LogP contribution in [0.3, 0.4) is 0 Å². The summed E-state index contributed by atoms with van der Waals surface area (Å²) >= 11 is 0. The van der Waals surface area contributed by atoms with E-state index >= 15 is 0 Å². The molecule has 0 aromatic rings. The highest BCUT2D eigenvalue weighted by atomic mass is 32.2. The number of hydrogen-bond donors (Lipinski definition) is 2. The second kappa shape index (κ2) is 4.39. The van der Waals surface area contributed by atoms with Crippen LogP contribution in [-0.2, 0) is 10.0 Å². The summed E-state index contributed by atoms with van der Waals surface area (Å²) in [5, 5.41) is 3.51. The lowest BCUT2D eigenvalue weighted by molar-refractivity contribution is 0.402. The Kier molecular flexibility index (Phi) is 3.33. The topological polar surface area (TPSA) is 58.2 Å². The van der Waals surface area contributed by atoms with E-state index in [2.05, 4.69) is 10.0 Å². The third kappa shape index (κ3) is 2.71. The van der Waals surface area contributed by atoms with E-state index in [4.69, 9.17) is 0 Å². The molecule has 0 spiro atoms. The summed E-state index contributed by atoms with van der Waals surface area (Å²) < 4.78 is 25.6. The van der Waals surface area contributed by atoms with Gasteiger partial charge in [-0.3, -0.25) is 0 Å². The minimum atomic E-state index is -3.01. The van der Waals surface area contributed by atoms with Gasteiger partial charge in [-0.2, -0.15) is 0 Å². The van der Waals surface area contributed by atoms with Gasteiger partial charge in [-0.05, 0) is 31.6 Å². The van der Waals surface area contributed by atoms with Gasteiger partial charge in [0.2, 0.25) is 10.0 Å². The first-order valence-electron chi connectivity index (χ1n) is 5.84. The van der Waals surface area contributed by atoms with Gasteiger partial charge in [0.1, 0.15) is 0 Å². The zero-order valence-corrected chi connectivity index (χ0v) is 10.0. The van der Waals surface area contributed by atoms with Gasteiger partial charge >= 0.3 is 0 Å². The molecule has 0 amide bonds. The lowest BCUT2D eigenvalue weighted by Gasteiger charge is -2.20. The van der Waals surface area contributed by atoms with Gasteiger partial charge in [0, 0.05) is 18.6 Å². The Morgan fingerprint density at radius 3 is 2.73 bits per heavy atom. The zero-order chi connectivity index (χ0) is 10.9. The van der Waals surface area contributed by atoms with E-state index in [0.29, 0.717) is 31.0 Å². The maximum atomic E-state index is 11.5. The zero-order valence-electron chi connectivity index (χ0n) is 9.20. The lowest BCUT2D eigenvalue weighted by atomic mass is 9.89. The average molecular weight is 232 g/mol. The molecule has 2 saturated heterocycles. The number of sulfonamides is 1. The molecule has 0 saturated carbocycles. The smallest absolute Gasteiger partial charge is 0.211 e. The van der Waals surface area contributed by atoms with Crippen molar-refractivity contribution in [3.05, 3.63) is 0 Å². The van der Waals surface area contributed by atoms with Crippen LogP contribution in [0, 0.1) is 5.92 Å². The fourth-order valence-electron chi connectivity index (χ4n) is 2.74. The molecule has 0 aromatic heterocycles. The largest absolute Gasteiger partial charge is 0.311 e. The van der Waals surface area contributed by atoms with Crippen molar-refractivity contribution in [1.29, 1.82) is 0 Å². The quantitative estimate of drug-likeness (QED) is 0.724. The minimum absolute atomic E-state index is 0.251. The molecule has 15 heavy (non-hydrogen) atoms. The molecule has 2 bridgehead atoms. The van der Waals surface area contributed by atoms with Crippen LogP contribution >= 0.6 is 0 Å². The Hall–Kier alpha value is -0.130. The molecule has 2 heterocycles. The van der Waals surface area contributed by atoms with E-state index in [1.807, 2.05) is 6.92 Å². The second-order valence-electron chi connectivity index (χ2n) is 4.71. The Labute approximate surface area is 91.9 Å². The van der Waals surface area contributed by atoms with Crippen LogP contribution in [0.1, 0.15) is 32.6 Å². The van der Waals surface area contributed by atoms with E-state index in [-0.39, 0.29) is 5.75 Å². The highest BCUT2D eigenvalue weighted by Crippen LogP contribution is 2.32. The normalized spacial score (nSPS) is 34.9. The first kappa shape index (κ1) is 11.4. The maximum absolute atomic E-state index is 11.5. The van der Waals surface area contributed by atoms with E-state index < -0.39 is 10.0 Å². The van der Waals surface area contributed by atoms with Gasteiger partial charge in [-0.15, -0.1) is 0 Å². The Balaban J connectivity index is 1.79. The Morgan fingerprint density at radius 2 is 2.20 bits per heavy atom. The van der Waals surface area contributed by atoms with Gasteiger partial charge in [-0.1, -0.05) is 6.92 Å². The van der Waals surface area contributed by atoms with Crippen molar-refractivity contribution in [2.45, 2.75) is 44.7 Å². The van der Waals surface area contributed by atoms with Crippen LogP contribution in [0.4, 0.5) is 0 Å². The van der Waals surface area contributed by atoms with Crippen molar-refractivity contribution < 1.29 is 8.42 Å². The standard InChI is InChI=1S/C10H20N2O2S/c1-2-5-15(13,14)11-7-8-6-9-3-4-10(8)12-9/h8-12H,2-7H2,1H3. The SMILES string of the molecule is CCCS(=O)(=O)NCC1CC2CCC1N2. The number of nitrogens with one attached hydrogen (secondary N) is 2. The van der Waals surface area contributed by atoms with Crippen LogP contribution in [0.25, 0.3) is 0 Å². The predicted octanol–water partition coefficient (Wildman–Crippen LogP) is 0.456. The third-order valence-corrected chi connectivity index (χ3v) is 5.02. The third-order valence-electron chi connectivity index (χ3n) is 3.47. The van der Waals surface area contributed by atoms with Crippen molar-refractivity contribution in [2.75, 3.05) is 12.3 Å². The molecule has 88 valence electrons. The number of hydrogen-bond acceptors (Lipinski definition) is 3. The molecular weight excluding hydrogens is 212 g/mol. The predicted molar refractivity (Wildman–Crippen MR) is 60.1 cm³/mol. The summed E-state index contributed by atoms with van der Waals surface area (Å²) in [7, 11) is -3.01. The fourth-order valence-corrected chi connectivity index (χ4v) is 3.89. The lowest BCUT2D eigenvalue weighted by Crippen LogP contribution is -2.35. The summed E-state index contributed by atoms with van der Waals surface area (Å²) in [5.41, 5.74) is 0. The van der Waals surface area contributed by atoms with Gasteiger partial charge < -0.3 is 5.32 Å². The van der Waals surface area contributed by atoms with E-state index in [1.54, 1.807) is 0 Å². The molecule has 5 heteroatoms. The van der Waals surface area contributed by atoms with Crippen LogP contribution < -0.4 is 10.0 Å². The van der Waals surface area contributed by atoms with Crippen molar-refractivity contribution >= 4 is 10.0 Å². The van der Waals surface area contributed by atoms with Gasteiger partial charge in [0.15, 0.2) is 0 Å². The molecule has 3 unspecified atom stereocenters. The molecular formula is C10H20N2O2S. The Morgan fingerprint density at radius 1 is 1.40 bits per heavy atom.